The van der Waals surface area contributed by atoms with Crippen LogP contribution in [0.25, 0.3) is 5.69 Å². The van der Waals surface area contributed by atoms with Gasteiger partial charge in [0.2, 0.25) is 0 Å². The van der Waals surface area contributed by atoms with Gasteiger partial charge in [-0.2, -0.15) is 5.10 Å². The summed E-state index contributed by atoms with van der Waals surface area (Å²) in [7, 11) is 2.17. The molecule has 0 radical (unpaired) electrons. The molecular formula is C17H21FN4. The van der Waals surface area contributed by atoms with Crippen molar-refractivity contribution in [2.75, 3.05) is 32.0 Å². The maximum absolute atomic E-state index is 14.2. The fourth-order valence-corrected chi connectivity index (χ4v) is 3.72. The number of likely N-dealkylation sites (N-methyl/N-ethyl adjacent to an activating group) is 1. The number of hydrogen-bond donors (Lipinski definition) is 1. The number of benzene rings is 1. The second-order valence-electron chi connectivity index (χ2n) is 6.35. The van der Waals surface area contributed by atoms with E-state index >= 15 is 0 Å². The molecule has 1 N–H and O–H groups in total. The average molecular weight is 300 g/mol. The fraction of sp³-hybridized carbons (Fsp3) is 0.471. The van der Waals surface area contributed by atoms with Crippen LogP contribution in [0.3, 0.4) is 0 Å². The summed E-state index contributed by atoms with van der Waals surface area (Å²) in [4.78, 5) is 2.37. The number of anilines is 1. The highest BCUT2D eigenvalue weighted by atomic mass is 19.1. The molecule has 1 unspecified atom stereocenters. The molecule has 116 valence electrons. The lowest BCUT2D eigenvalue weighted by atomic mass is 9.92. The van der Waals surface area contributed by atoms with Crippen LogP contribution in [0.4, 0.5) is 10.2 Å². The summed E-state index contributed by atoms with van der Waals surface area (Å²) in [6.45, 7) is 3.11. The molecule has 22 heavy (non-hydrogen) atoms. The van der Waals surface area contributed by atoms with Gasteiger partial charge >= 0.3 is 0 Å². The third kappa shape index (κ3) is 2.20. The van der Waals surface area contributed by atoms with Gasteiger partial charge in [-0.25, -0.2) is 9.07 Å². The van der Waals surface area contributed by atoms with Crippen LogP contribution in [0.2, 0.25) is 0 Å². The Labute approximate surface area is 129 Å². The molecule has 0 bridgehead atoms. The van der Waals surface area contributed by atoms with Crippen molar-refractivity contribution in [3.63, 3.8) is 0 Å². The predicted octanol–water partition coefficient (Wildman–Crippen LogP) is 2.79. The third-order valence-corrected chi connectivity index (χ3v) is 4.77. The molecule has 1 aromatic carbocycles. The van der Waals surface area contributed by atoms with E-state index in [0.717, 1.165) is 37.6 Å². The molecule has 0 spiro atoms. The molecule has 1 aromatic heterocycles. The third-order valence-electron chi connectivity index (χ3n) is 4.77. The largest absolute Gasteiger partial charge is 0.369 e. The molecule has 0 amide bonds. The minimum absolute atomic E-state index is 0.228. The number of para-hydroxylation sites is 1. The van der Waals surface area contributed by atoms with Crippen LogP contribution in [-0.2, 0) is 6.42 Å². The normalized spacial score (nSPS) is 21.6. The SMILES string of the molecule is CN1CCCC(c2nn(-c3ccccc3F)c3c2CCN3)C1. The number of nitrogens with one attached hydrogen (secondary N) is 1. The number of rotatable bonds is 2. The van der Waals surface area contributed by atoms with E-state index in [1.807, 2.05) is 6.07 Å². The van der Waals surface area contributed by atoms with Gasteiger partial charge in [-0.15, -0.1) is 0 Å². The van der Waals surface area contributed by atoms with Gasteiger partial charge in [0.05, 0.1) is 5.69 Å². The standard InChI is InChI=1S/C17H21FN4/c1-21-10-4-5-12(11-21)16-13-8-9-19-17(13)22(20-16)15-7-3-2-6-14(15)18/h2-3,6-7,12,19H,4-5,8-11H2,1H3. The topological polar surface area (TPSA) is 33.1 Å². The van der Waals surface area contributed by atoms with E-state index in [0.29, 0.717) is 11.6 Å². The first kappa shape index (κ1) is 13.8. The predicted molar refractivity (Wildman–Crippen MR) is 85.2 cm³/mol. The lowest BCUT2D eigenvalue weighted by molar-refractivity contribution is 0.247. The van der Waals surface area contributed by atoms with E-state index in [1.54, 1.807) is 16.8 Å². The van der Waals surface area contributed by atoms with E-state index in [-0.39, 0.29) is 5.82 Å². The van der Waals surface area contributed by atoms with E-state index in [4.69, 9.17) is 5.10 Å². The zero-order valence-electron chi connectivity index (χ0n) is 12.8. The monoisotopic (exact) mass is 300 g/mol. The van der Waals surface area contributed by atoms with Gasteiger partial charge in [-0.3, -0.25) is 0 Å². The Kier molecular flexibility index (Phi) is 3.37. The van der Waals surface area contributed by atoms with E-state index in [9.17, 15) is 4.39 Å². The molecule has 4 nitrogen and oxygen atoms in total. The van der Waals surface area contributed by atoms with Crippen LogP contribution in [-0.4, -0.2) is 41.4 Å². The van der Waals surface area contributed by atoms with Crippen molar-refractivity contribution in [1.82, 2.24) is 14.7 Å². The summed E-state index contributed by atoms with van der Waals surface area (Å²) in [5.74, 6) is 1.21. The Bertz CT molecular complexity index is 694. The fourth-order valence-electron chi connectivity index (χ4n) is 3.72. The van der Waals surface area contributed by atoms with Gasteiger partial charge in [0.25, 0.3) is 0 Å². The molecule has 1 fully saturated rings. The maximum Gasteiger partial charge on any atom is 0.148 e. The second-order valence-corrected chi connectivity index (χ2v) is 6.35. The molecule has 0 aliphatic carbocycles. The first-order valence-corrected chi connectivity index (χ1v) is 8.03. The summed E-state index contributed by atoms with van der Waals surface area (Å²) in [5.41, 5.74) is 2.97. The quantitative estimate of drug-likeness (QED) is 0.926. The first-order valence-electron chi connectivity index (χ1n) is 8.03. The van der Waals surface area contributed by atoms with Crippen molar-refractivity contribution < 1.29 is 4.39 Å². The summed E-state index contributed by atoms with van der Waals surface area (Å²) < 4.78 is 15.9. The zero-order chi connectivity index (χ0) is 15.1. The molecular weight excluding hydrogens is 279 g/mol. The average Bonchev–Trinajstić information content (AvgIpc) is 3.10. The molecule has 2 aliphatic rings. The van der Waals surface area contributed by atoms with Gasteiger partial charge in [-0.05, 0) is 45.0 Å². The van der Waals surface area contributed by atoms with Crippen molar-refractivity contribution >= 4 is 5.82 Å². The van der Waals surface area contributed by atoms with Crippen LogP contribution in [0, 0.1) is 5.82 Å². The molecule has 4 rings (SSSR count). The highest BCUT2D eigenvalue weighted by Crippen LogP contribution is 2.36. The Morgan fingerprint density at radius 2 is 2.18 bits per heavy atom. The Morgan fingerprint density at radius 1 is 1.32 bits per heavy atom. The zero-order valence-corrected chi connectivity index (χ0v) is 12.8. The number of hydrogen-bond acceptors (Lipinski definition) is 3. The van der Waals surface area contributed by atoms with E-state index in [1.165, 1.54) is 24.5 Å². The summed E-state index contributed by atoms with van der Waals surface area (Å²) in [6.07, 6.45) is 3.36. The van der Waals surface area contributed by atoms with Gasteiger partial charge in [0.1, 0.15) is 17.3 Å². The number of aromatic nitrogens is 2. The molecule has 1 saturated heterocycles. The Hall–Kier alpha value is -1.88. The van der Waals surface area contributed by atoms with Crippen LogP contribution in [0.5, 0.6) is 0 Å². The lowest BCUT2D eigenvalue weighted by Crippen LogP contribution is -2.31. The van der Waals surface area contributed by atoms with Gasteiger partial charge < -0.3 is 10.2 Å². The number of nitrogens with zero attached hydrogens (tertiary/aromatic N) is 3. The van der Waals surface area contributed by atoms with Crippen LogP contribution < -0.4 is 5.32 Å². The molecule has 2 aliphatic heterocycles. The van der Waals surface area contributed by atoms with Crippen molar-refractivity contribution in [3.05, 3.63) is 41.3 Å². The summed E-state index contributed by atoms with van der Waals surface area (Å²) in [5, 5.41) is 8.19. The van der Waals surface area contributed by atoms with Crippen LogP contribution in [0.1, 0.15) is 30.0 Å². The molecule has 0 saturated carbocycles. The second kappa shape index (κ2) is 5.39. The highest BCUT2D eigenvalue weighted by molar-refractivity contribution is 5.58. The van der Waals surface area contributed by atoms with Gasteiger partial charge in [-0.1, -0.05) is 12.1 Å². The number of piperidine rings is 1. The van der Waals surface area contributed by atoms with Crippen molar-refractivity contribution in [3.8, 4) is 5.69 Å². The number of likely N-dealkylation sites (tertiary alicyclic amines) is 1. The number of halogens is 1. The minimum Gasteiger partial charge on any atom is -0.369 e. The summed E-state index contributed by atoms with van der Waals surface area (Å²) >= 11 is 0. The highest BCUT2D eigenvalue weighted by Gasteiger charge is 2.30. The number of fused-ring (bicyclic) bond motifs is 1. The summed E-state index contributed by atoms with van der Waals surface area (Å²) in [6, 6.07) is 6.86. The Balaban J connectivity index is 1.79. The molecule has 5 heteroatoms. The molecule has 1 atom stereocenters. The van der Waals surface area contributed by atoms with Gasteiger partial charge in [0, 0.05) is 24.6 Å². The Morgan fingerprint density at radius 3 is 3.00 bits per heavy atom. The molecule has 3 heterocycles. The minimum atomic E-state index is -0.228. The van der Waals surface area contributed by atoms with Crippen molar-refractivity contribution in [2.45, 2.75) is 25.2 Å². The van der Waals surface area contributed by atoms with E-state index in [2.05, 4.69) is 17.3 Å². The van der Waals surface area contributed by atoms with Crippen molar-refractivity contribution in [2.24, 2.45) is 0 Å². The smallest absolute Gasteiger partial charge is 0.148 e. The molecule has 2 aromatic rings. The first-order chi connectivity index (χ1) is 10.7. The van der Waals surface area contributed by atoms with Crippen LogP contribution >= 0.6 is 0 Å². The maximum atomic E-state index is 14.2. The lowest BCUT2D eigenvalue weighted by Gasteiger charge is -2.29. The van der Waals surface area contributed by atoms with Gasteiger partial charge in [0.15, 0.2) is 0 Å². The van der Waals surface area contributed by atoms with E-state index < -0.39 is 0 Å². The van der Waals surface area contributed by atoms with Crippen molar-refractivity contribution in [1.29, 1.82) is 0 Å². The van der Waals surface area contributed by atoms with Crippen LogP contribution in [0.15, 0.2) is 24.3 Å².